The van der Waals surface area contributed by atoms with Crippen LogP contribution in [-0.2, 0) is 11.2 Å². The number of likely N-dealkylation sites (tertiary alicyclic amines) is 1. The Morgan fingerprint density at radius 2 is 1.79 bits per heavy atom. The summed E-state index contributed by atoms with van der Waals surface area (Å²) >= 11 is 6.10. The summed E-state index contributed by atoms with van der Waals surface area (Å²) in [5.74, 6) is -0.449. The highest BCUT2D eigenvalue weighted by molar-refractivity contribution is 6.30. The Bertz CT molecular complexity index is 1460. The topological polar surface area (TPSA) is 83.4 Å². The third-order valence-corrected chi connectivity index (χ3v) is 7.50. The molecule has 5 rings (SSSR count). The van der Waals surface area contributed by atoms with Gasteiger partial charge in [-0.2, -0.15) is 0 Å². The van der Waals surface area contributed by atoms with E-state index in [4.69, 9.17) is 26.7 Å². The number of aryl methyl sites for hydroxylation is 1. The number of hydrogen-bond donors (Lipinski definition) is 1. The molecule has 1 aliphatic rings. The largest absolute Gasteiger partial charge is 0.481 e. The number of fused-ring (bicyclic) bond motifs is 1. The van der Waals surface area contributed by atoms with E-state index >= 15 is 0 Å². The molecule has 1 aliphatic heterocycles. The zero-order valence-corrected chi connectivity index (χ0v) is 22.1. The molecular weight excluding hydrogens is 498 g/mol. The van der Waals surface area contributed by atoms with E-state index in [1.807, 2.05) is 72.5 Å². The van der Waals surface area contributed by atoms with Gasteiger partial charge in [0.25, 0.3) is 5.91 Å². The normalized spacial score (nSPS) is 16.1. The summed E-state index contributed by atoms with van der Waals surface area (Å²) in [6.07, 6.45) is 2.31. The SMILES string of the molecule is CC(CCc1nc2cc(C(=O)N3CC[C@@H](c4ccccc4)C3)ccc2nc1-c1ccc(Cl)cc1)CC(=O)O. The van der Waals surface area contributed by atoms with Crippen LogP contribution in [0.15, 0.2) is 72.8 Å². The van der Waals surface area contributed by atoms with Crippen LogP contribution in [0.25, 0.3) is 22.3 Å². The van der Waals surface area contributed by atoms with Crippen molar-refractivity contribution >= 4 is 34.5 Å². The van der Waals surface area contributed by atoms with Crippen LogP contribution < -0.4 is 0 Å². The number of aliphatic carboxylic acids is 1. The summed E-state index contributed by atoms with van der Waals surface area (Å²) in [4.78, 5) is 36.3. The summed E-state index contributed by atoms with van der Waals surface area (Å²) in [5.41, 5.74) is 5.67. The van der Waals surface area contributed by atoms with Gasteiger partial charge in [-0.3, -0.25) is 9.59 Å². The number of carbonyl (C=O) groups excluding carboxylic acids is 1. The van der Waals surface area contributed by atoms with Gasteiger partial charge >= 0.3 is 5.97 Å². The number of carboxylic acid groups (broad SMARTS) is 1. The van der Waals surface area contributed by atoms with Gasteiger partial charge in [0, 0.05) is 41.6 Å². The average molecular weight is 528 g/mol. The van der Waals surface area contributed by atoms with Gasteiger partial charge in [-0.25, -0.2) is 9.97 Å². The van der Waals surface area contributed by atoms with Gasteiger partial charge in [-0.1, -0.05) is 61.0 Å². The molecule has 194 valence electrons. The predicted molar refractivity (Wildman–Crippen MR) is 149 cm³/mol. The molecule has 1 aromatic heterocycles. The molecule has 1 amide bonds. The summed E-state index contributed by atoms with van der Waals surface area (Å²) < 4.78 is 0. The van der Waals surface area contributed by atoms with Gasteiger partial charge in [-0.05, 0) is 61.1 Å². The van der Waals surface area contributed by atoms with Crippen LogP contribution in [0.2, 0.25) is 5.02 Å². The van der Waals surface area contributed by atoms with E-state index < -0.39 is 5.97 Å². The first-order valence-corrected chi connectivity index (χ1v) is 13.4. The Labute approximate surface area is 227 Å². The third kappa shape index (κ3) is 5.86. The van der Waals surface area contributed by atoms with Crippen molar-refractivity contribution in [1.82, 2.24) is 14.9 Å². The second-order valence-corrected chi connectivity index (χ2v) is 10.6. The lowest BCUT2D eigenvalue weighted by atomic mass is 9.98. The molecule has 0 aliphatic carbocycles. The Morgan fingerprint density at radius 3 is 2.53 bits per heavy atom. The average Bonchev–Trinajstić information content (AvgIpc) is 3.42. The van der Waals surface area contributed by atoms with Crippen molar-refractivity contribution in [3.63, 3.8) is 0 Å². The summed E-state index contributed by atoms with van der Waals surface area (Å²) in [7, 11) is 0. The van der Waals surface area contributed by atoms with Crippen LogP contribution in [0, 0.1) is 5.92 Å². The van der Waals surface area contributed by atoms with Crippen molar-refractivity contribution < 1.29 is 14.7 Å². The number of aromatic nitrogens is 2. The van der Waals surface area contributed by atoms with E-state index in [0.717, 1.165) is 29.9 Å². The molecule has 2 heterocycles. The molecule has 1 fully saturated rings. The fourth-order valence-corrected chi connectivity index (χ4v) is 5.27. The number of rotatable bonds is 8. The molecule has 0 bridgehead atoms. The molecule has 4 aromatic rings. The maximum absolute atomic E-state index is 13.4. The van der Waals surface area contributed by atoms with E-state index in [1.165, 1.54) is 5.56 Å². The summed E-state index contributed by atoms with van der Waals surface area (Å²) in [6, 6.07) is 23.3. The van der Waals surface area contributed by atoms with Crippen LogP contribution in [-0.4, -0.2) is 44.9 Å². The highest BCUT2D eigenvalue weighted by Crippen LogP contribution is 2.30. The van der Waals surface area contributed by atoms with Gasteiger partial charge in [0.15, 0.2) is 0 Å². The molecule has 0 saturated carbocycles. The van der Waals surface area contributed by atoms with E-state index in [2.05, 4.69) is 12.1 Å². The molecule has 2 atom stereocenters. The number of carboxylic acids is 1. The number of amides is 1. The number of hydrogen-bond acceptors (Lipinski definition) is 4. The lowest BCUT2D eigenvalue weighted by Gasteiger charge is -2.17. The van der Waals surface area contributed by atoms with Crippen molar-refractivity contribution in [2.24, 2.45) is 5.92 Å². The Kier molecular flexibility index (Phi) is 7.70. The Hall–Kier alpha value is -3.77. The van der Waals surface area contributed by atoms with Crippen molar-refractivity contribution in [2.45, 2.75) is 38.5 Å². The minimum absolute atomic E-state index is 0.00343. The summed E-state index contributed by atoms with van der Waals surface area (Å²) in [6.45, 7) is 3.36. The van der Waals surface area contributed by atoms with E-state index in [0.29, 0.717) is 46.9 Å². The third-order valence-electron chi connectivity index (χ3n) is 7.24. The first-order valence-electron chi connectivity index (χ1n) is 13.0. The minimum atomic E-state index is -0.806. The molecule has 7 heteroatoms. The lowest BCUT2D eigenvalue weighted by Crippen LogP contribution is -2.28. The van der Waals surface area contributed by atoms with Gasteiger partial charge < -0.3 is 10.0 Å². The molecule has 1 saturated heterocycles. The van der Waals surface area contributed by atoms with Gasteiger partial charge in [0.2, 0.25) is 0 Å². The van der Waals surface area contributed by atoms with Gasteiger partial charge in [0.1, 0.15) is 0 Å². The van der Waals surface area contributed by atoms with Crippen molar-refractivity contribution in [1.29, 1.82) is 0 Å². The number of halogens is 1. The highest BCUT2D eigenvalue weighted by atomic mass is 35.5. The molecule has 0 spiro atoms. The monoisotopic (exact) mass is 527 g/mol. The molecule has 38 heavy (non-hydrogen) atoms. The maximum atomic E-state index is 13.4. The molecular formula is C31H30ClN3O3. The second kappa shape index (κ2) is 11.3. The molecule has 0 radical (unpaired) electrons. The van der Waals surface area contributed by atoms with E-state index in [-0.39, 0.29) is 18.2 Å². The van der Waals surface area contributed by atoms with E-state index in [1.54, 1.807) is 0 Å². The molecule has 1 unspecified atom stereocenters. The Morgan fingerprint density at radius 1 is 1.03 bits per heavy atom. The lowest BCUT2D eigenvalue weighted by molar-refractivity contribution is -0.138. The van der Waals surface area contributed by atoms with Gasteiger partial charge in [0.05, 0.1) is 22.4 Å². The van der Waals surface area contributed by atoms with Gasteiger partial charge in [-0.15, -0.1) is 0 Å². The van der Waals surface area contributed by atoms with E-state index in [9.17, 15) is 9.59 Å². The number of nitrogens with zero attached hydrogens (tertiary/aromatic N) is 3. The molecule has 1 N–H and O–H groups in total. The van der Waals surface area contributed by atoms with Crippen molar-refractivity contribution in [3.8, 4) is 11.3 Å². The fraction of sp³-hybridized carbons (Fsp3) is 0.290. The zero-order chi connectivity index (χ0) is 26.6. The van der Waals surface area contributed by atoms with Crippen molar-refractivity contribution in [3.05, 3.63) is 94.6 Å². The Balaban J connectivity index is 1.43. The molecule has 6 nitrogen and oxygen atoms in total. The van der Waals surface area contributed by atoms with Crippen LogP contribution in [0.4, 0.5) is 0 Å². The number of benzene rings is 3. The van der Waals surface area contributed by atoms with Crippen LogP contribution >= 0.6 is 11.6 Å². The van der Waals surface area contributed by atoms with Crippen LogP contribution in [0.3, 0.4) is 0 Å². The predicted octanol–water partition coefficient (Wildman–Crippen LogP) is 6.62. The minimum Gasteiger partial charge on any atom is -0.481 e. The van der Waals surface area contributed by atoms with Crippen LogP contribution in [0.1, 0.15) is 53.7 Å². The number of carbonyl (C=O) groups is 2. The quantitative estimate of drug-likeness (QED) is 0.278. The first kappa shape index (κ1) is 25.9. The second-order valence-electron chi connectivity index (χ2n) is 10.1. The standard InChI is InChI=1S/C31H30ClN3O3/c1-20(17-29(36)37)7-13-27-30(22-8-11-25(32)12-9-22)34-26-14-10-23(18-28(26)33-27)31(38)35-16-15-24(19-35)21-5-3-2-4-6-21/h2-6,8-12,14,18,20,24H,7,13,15-17,19H2,1H3,(H,36,37)/t20?,24-/m1/s1. The smallest absolute Gasteiger partial charge is 0.303 e. The zero-order valence-electron chi connectivity index (χ0n) is 21.3. The fourth-order valence-electron chi connectivity index (χ4n) is 5.14. The van der Waals surface area contributed by atoms with Crippen LogP contribution in [0.5, 0.6) is 0 Å². The first-order chi connectivity index (χ1) is 18.4. The molecule has 3 aromatic carbocycles. The van der Waals surface area contributed by atoms with Crippen molar-refractivity contribution in [2.75, 3.05) is 13.1 Å². The maximum Gasteiger partial charge on any atom is 0.303 e. The highest BCUT2D eigenvalue weighted by Gasteiger charge is 2.28. The summed E-state index contributed by atoms with van der Waals surface area (Å²) in [5, 5.41) is 9.80.